The molecule has 0 aliphatic heterocycles. The number of aryl methyl sites for hydroxylation is 2. The van der Waals surface area contributed by atoms with Gasteiger partial charge in [0.1, 0.15) is 5.75 Å². The van der Waals surface area contributed by atoms with Crippen molar-refractivity contribution < 1.29 is 4.74 Å². The van der Waals surface area contributed by atoms with Gasteiger partial charge < -0.3 is 10.1 Å². The first kappa shape index (κ1) is 16.0. The van der Waals surface area contributed by atoms with Gasteiger partial charge in [-0.05, 0) is 50.1 Å². The molecular weight excluding hydrogens is 328 g/mol. The first-order valence-corrected chi connectivity index (χ1v) is 8.00. The molecule has 1 N–H and O–H groups in total. The van der Waals surface area contributed by atoms with Crippen molar-refractivity contribution in [1.29, 1.82) is 0 Å². The molecule has 0 spiro atoms. The fourth-order valence-electron chi connectivity index (χ4n) is 2.01. The van der Waals surface area contributed by atoms with Crippen LogP contribution < -0.4 is 10.1 Å². The molecule has 0 saturated heterocycles. The van der Waals surface area contributed by atoms with E-state index in [2.05, 4.69) is 39.2 Å². The Labute approximate surface area is 134 Å². The summed E-state index contributed by atoms with van der Waals surface area (Å²) in [6.07, 6.45) is 1.13. The van der Waals surface area contributed by atoms with Crippen LogP contribution in [0.25, 0.3) is 0 Å². The summed E-state index contributed by atoms with van der Waals surface area (Å²) in [4.78, 5) is 4.54. The smallest absolute Gasteiger partial charge is 0.219 e. The Kier molecular flexibility index (Phi) is 5.76. The lowest BCUT2D eigenvalue weighted by molar-refractivity contribution is 0.457. The highest BCUT2D eigenvalue weighted by Crippen LogP contribution is 2.27. The van der Waals surface area contributed by atoms with E-state index >= 15 is 0 Å². The molecule has 1 aromatic heterocycles. The summed E-state index contributed by atoms with van der Waals surface area (Å²) >= 11 is 3.46. The molecule has 0 unspecified atom stereocenters. The molecule has 0 radical (unpaired) electrons. The number of pyridine rings is 1. The van der Waals surface area contributed by atoms with Crippen LogP contribution in [0, 0.1) is 13.8 Å². The number of halogens is 1. The van der Waals surface area contributed by atoms with Crippen molar-refractivity contribution in [1.82, 2.24) is 10.3 Å². The number of nitrogens with one attached hydrogen (secondary N) is 1. The molecule has 21 heavy (non-hydrogen) atoms. The maximum atomic E-state index is 5.89. The summed E-state index contributed by atoms with van der Waals surface area (Å²) in [6, 6.07) is 9.99. The highest BCUT2D eigenvalue weighted by Gasteiger charge is 2.06. The van der Waals surface area contributed by atoms with E-state index in [1.54, 1.807) is 0 Å². The van der Waals surface area contributed by atoms with Crippen LogP contribution in [-0.4, -0.2) is 11.5 Å². The topological polar surface area (TPSA) is 34.1 Å². The maximum absolute atomic E-state index is 5.89. The van der Waals surface area contributed by atoms with Crippen LogP contribution in [0.1, 0.15) is 30.2 Å². The average molecular weight is 349 g/mol. The van der Waals surface area contributed by atoms with Gasteiger partial charge in [-0.3, -0.25) is 0 Å². The Bertz CT molecular complexity index is 614. The maximum Gasteiger partial charge on any atom is 0.219 e. The molecule has 0 atom stereocenters. The molecule has 2 aromatic rings. The first-order chi connectivity index (χ1) is 10.1. The van der Waals surface area contributed by atoms with Crippen molar-refractivity contribution in [3.05, 3.63) is 51.6 Å². The minimum absolute atomic E-state index is 0.632. The van der Waals surface area contributed by atoms with E-state index in [-0.39, 0.29) is 0 Å². The monoisotopic (exact) mass is 348 g/mol. The molecule has 112 valence electrons. The van der Waals surface area contributed by atoms with Crippen LogP contribution in [0.3, 0.4) is 0 Å². The number of ether oxygens (including phenoxy) is 1. The van der Waals surface area contributed by atoms with Gasteiger partial charge in [-0.25, -0.2) is 4.98 Å². The van der Waals surface area contributed by atoms with Gasteiger partial charge in [0.15, 0.2) is 0 Å². The molecule has 0 amide bonds. The van der Waals surface area contributed by atoms with Crippen LogP contribution in [0.5, 0.6) is 11.6 Å². The normalized spacial score (nSPS) is 10.7. The molecule has 4 heteroatoms. The highest BCUT2D eigenvalue weighted by molar-refractivity contribution is 9.10. The lowest BCUT2D eigenvalue weighted by Gasteiger charge is -2.11. The van der Waals surface area contributed by atoms with Gasteiger partial charge in [-0.15, -0.1) is 0 Å². The van der Waals surface area contributed by atoms with E-state index in [4.69, 9.17) is 4.74 Å². The third-order valence-corrected chi connectivity index (χ3v) is 3.77. The fraction of sp³-hybridized carbons (Fsp3) is 0.353. The van der Waals surface area contributed by atoms with Crippen LogP contribution in [0.2, 0.25) is 0 Å². The van der Waals surface area contributed by atoms with Crippen LogP contribution >= 0.6 is 15.9 Å². The second kappa shape index (κ2) is 7.57. The number of aromatic nitrogens is 1. The molecule has 0 bridgehead atoms. The summed E-state index contributed by atoms with van der Waals surface area (Å²) < 4.78 is 6.89. The van der Waals surface area contributed by atoms with E-state index in [1.807, 2.05) is 38.1 Å². The first-order valence-electron chi connectivity index (χ1n) is 7.21. The Balaban J connectivity index is 2.11. The third kappa shape index (κ3) is 4.55. The number of nitrogens with zero attached hydrogens (tertiary/aromatic N) is 1. The van der Waals surface area contributed by atoms with E-state index in [0.29, 0.717) is 5.88 Å². The molecule has 0 aliphatic carbocycles. The fourth-order valence-corrected chi connectivity index (χ4v) is 2.35. The van der Waals surface area contributed by atoms with Crippen molar-refractivity contribution in [3.63, 3.8) is 0 Å². The molecule has 1 aromatic carbocycles. The molecular formula is C17H21BrN2O. The van der Waals surface area contributed by atoms with Crippen LogP contribution in [0.4, 0.5) is 0 Å². The van der Waals surface area contributed by atoms with Crippen molar-refractivity contribution in [3.8, 4) is 11.6 Å². The van der Waals surface area contributed by atoms with Gasteiger partial charge in [0.25, 0.3) is 0 Å². The predicted octanol–water partition coefficient (Wildman–Crippen LogP) is 4.75. The third-order valence-electron chi connectivity index (χ3n) is 3.28. The van der Waals surface area contributed by atoms with Gasteiger partial charge in [0.05, 0.1) is 0 Å². The van der Waals surface area contributed by atoms with Crippen molar-refractivity contribution in [2.45, 2.75) is 33.7 Å². The van der Waals surface area contributed by atoms with E-state index in [9.17, 15) is 0 Å². The van der Waals surface area contributed by atoms with E-state index in [1.165, 1.54) is 5.56 Å². The zero-order chi connectivity index (χ0) is 15.2. The molecule has 3 nitrogen and oxygen atoms in total. The summed E-state index contributed by atoms with van der Waals surface area (Å²) in [5.74, 6) is 1.46. The minimum Gasteiger partial charge on any atom is -0.439 e. The van der Waals surface area contributed by atoms with Gasteiger partial charge in [0.2, 0.25) is 5.88 Å². The van der Waals surface area contributed by atoms with Crippen LogP contribution in [-0.2, 0) is 6.54 Å². The standard InChI is InChI=1S/C17H21BrN2O/c1-4-9-19-11-14-6-8-17(20-13(14)3)21-16-10-15(18)7-5-12(16)2/h5-8,10,19H,4,9,11H2,1-3H3. The summed E-state index contributed by atoms with van der Waals surface area (Å²) in [7, 11) is 0. The molecule has 0 fully saturated rings. The zero-order valence-corrected chi connectivity index (χ0v) is 14.3. The van der Waals surface area contributed by atoms with Gasteiger partial charge >= 0.3 is 0 Å². The number of rotatable bonds is 6. The van der Waals surface area contributed by atoms with Gasteiger partial charge in [0, 0.05) is 22.8 Å². The van der Waals surface area contributed by atoms with Gasteiger partial charge in [-0.2, -0.15) is 0 Å². The predicted molar refractivity (Wildman–Crippen MR) is 89.9 cm³/mol. The van der Waals surface area contributed by atoms with Gasteiger partial charge in [-0.1, -0.05) is 35.0 Å². The second-order valence-corrected chi connectivity index (χ2v) is 6.00. The molecule has 0 aliphatic rings. The number of benzene rings is 1. The molecule has 0 saturated carbocycles. The highest BCUT2D eigenvalue weighted by atomic mass is 79.9. The lowest BCUT2D eigenvalue weighted by Crippen LogP contribution is -2.15. The lowest BCUT2D eigenvalue weighted by atomic mass is 10.2. The molecule has 1 heterocycles. The van der Waals surface area contributed by atoms with Crippen molar-refractivity contribution in [2.24, 2.45) is 0 Å². The molecule has 2 rings (SSSR count). The number of hydrogen-bond acceptors (Lipinski definition) is 3. The Morgan fingerprint density at radius 3 is 2.71 bits per heavy atom. The summed E-state index contributed by atoms with van der Waals surface area (Å²) in [5, 5.41) is 3.39. The quantitative estimate of drug-likeness (QED) is 0.764. The number of hydrogen-bond donors (Lipinski definition) is 1. The van der Waals surface area contributed by atoms with Crippen molar-refractivity contribution in [2.75, 3.05) is 6.54 Å². The zero-order valence-electron chi connectivity index (χ0n) is 12.7. The minimum atomic E-state index is 0.632. The largest absolute Gasteiger partial charge is 0.439 e. The van der Waals surface area contributed by atoms with Crippen molar-refractivity contribution >= 4 is 15.9 Å². The Hall–Kier alpha value is -1.39. The van der Waals surface area contributed by atoms with E-state index < -0.39 is 0 Å². The Morgan fingerprint density at radius 2 is 2.00 bits per heavy atom. The second-order valence-electron chi connectivity index (χ2n) is 5.08. The van der Waals surface area contributed by atoms with E-state index in [0.717, 1.165) is 41.0 Å². The Morgan fingerprint density at radius 1 is 1.19 bits per heavy atom. The summed E-state index contributed by atoms with van der Waals surface area (Å²) in [6.45, 7) is 8.08. The average Bonchev–Trinajstić information content (AvgIpc) is 2.45. The summed E-state index contributed by atoms with van der Waals surface area (Å²) in [5.41, 5.74) is 3.30. The SMILES string of the molecule is CCCNCc1ccc(Oc2cc(Br)ccc2C)nc1C. The van der Waals surface area contributed by atoms with Crippen LogP contribution in [0.15, 0.2) is 34.8 Å².